The summed E-state index contributed by atoms with van der Waals surface area (Å²) in [6.07, 6.45) is 6.19. The molecular weight excluding hydrogens is 394 g/mol. The molecule has 2 aliphatic heterocycles. The van der Waals surface area contributed by atoms with Crippen LogP contribution in [0, 0.1) is 17.6 Å². The van der Waals surface area contributed by atoms with Gasteiger partial charge >= 0.3 is 0 Å². The summed E-state index contributed by atoms with van der Waals surface area (Å²) in [6.45, 7) is 4.88. The molecule has 0 atom stereocenters. The number of Topliss-reactive ketones (excluding diaryl/α,β-unsaturated/α-hetero) is 1. The molecule has 4 rings (SSSR count). The van der Waals surface area contributed by atoms with Gasteiger partial charge in [0.05, 0.1) is 0 Å². The molecule has 3 nitrogen and oxygen atoms in total. The summed E-state index contributed by atoms with van der Waals surface area (Å²) in [4.78, 5) is 15.1. The molecule has 0 saturated carbocycles. The molecule has 0 amide bonds. The van der Waals surface area contributed by atoms with Crippen LogP contribution in [0.25, 0.3) is 0 Å². The van der Waals surface area contributed by atoms with E-state index in [1.54, 1.807) is 6.07 Å². The third-order valence-electron chi connectivity index (χ3n) is 6.78. The number of nitrogens with one attached hydrogen (secondary N) is 1. The molecule has 0 aliphatic carbocycles. The predicted molar refractivity (Wildman–Crippen MR) is 120 cm³/mol. The first kappa shape index (κ1) is 22.1. The Morgan fingerprint density at radius 3 is 2.55 bits per heavy atom. The number of benzene rings is 2. The molecule has 0 spiro atoms. The topological polar surface area (TPSA) is 32.3 Å². The molecule has 2 aliphatic rings. The first-order valence-corrected chi connectivity index (χ1v) is 11.6. The van der Waals surface area contributed by atoms with Crippen LogP contribution >= 0.6 is 0 Å². The predicted octanol–water partition coefficient (Wildman–Crippen LogP) is 4.57. The molecule has 31 heavy (non-hydrogen) atoms. The van der Waals surface area contributed by atoms with Crippen LogP contribution in [-0.4, -0.2) is 43.4 Å². The molecule has 2 heterocycles. The molecule has 1 N–H and O–H groups in total. The molecule has 1 fully saturated rings. The summed E-state index contributed by atoms with van der Waals surface area (Å²) in [5.74, 6) is -0.280. The summed E-state index contributed by atoms with van der Waals surface area (Å²) in [6, 6.07) is 10.1. The van der Waals surface area contributed by atoms with Crippen LogP contribution in [0.4, 0.5) is 8.78 Å². The van der Waals surface area contributed by atoms with Gasteiger partial charge in [-0.05, 0) is 106 Å². The molecule has 0 aromatic heterocycles. The summed E-state index contributed by atoms with van der Waals surface area (Å²) < 4.78 is 27.0. The van der Waals surface area contributed by atoms with Crippen LogP contribution in [0.2, 0.25) is 0 Å². The Kier molecular flexibility index (Phi) is 7.46. The van der Waals surface area contributed by atoms with Crippen molar-refractivity contribution < 1.29 is 13.6 Å². The standard InChI is InChI=1S/C26H32F2N2O/c27-24-6-5-22(25(28)18-24)16-19-9-14-30(15-10-19)13-1-2-26(31)23-4-3-20-7-11-29-12-8-21(20)17-23/h3-6,17-19,29H,1-2,7-16H2. The van der Waals surface area contributed by atoms with E-state index in [-0.39, 0.29) is 5.78 Å². The molecule has 1 saturated heterocycles. The van der Waals surface area contributed by atoms with Gasteiger partial charge in [0.1, 0.15) is 11.6 Å². The lowest BCUT2D eigenvalue weighted by Crippen LogP contribution is -2.35. The largest absolute Gasteiger partial charge is 0.316 e. The molecule has 0 unspecified atom stereocenters. The minimum atomic E-state index is -0.520. The second-order valence-corrected chi connectivity index (χ2v) is 8.99. The zero-order valence-corrected chi connectivity index (χ0v) is 18.1. The Morgan fingerprint density at radius 1 is 1.00 bits per heavy atom. The van der Waals surface area contributed by atoms with Crippen LogP contribution in [-0.2, 0) is 19.3 Å². The van der Waals surface area contributed by atoms with Crippen molar-refractivity contribution in [3.05, 3.63) is 70.3 Å². The quantitative estimate of drug-likeness (QED) is 0.659. The van der Waals surface area contributed by atoms with Crippen LogP contribution in [0.3, 0.4) is 0 Å². The fraction of sp³-hybridized carbons (Fsp3) is 0.500. The lowest BCUT2D eigenvalue weighted by molar-refractivity contribution is 0.0970. The molecule has 166 valence electrons. The number of likely N-dealkylation sites (tertiary alicyclic amines) is 1. The zero-order chi connectivity index (χ0) is 21.6. The second kappa shape index (κ2) is 10.5. The van der Waals surface area contributed by atoms with Gasteiger partial charge in [0.2, 0.25) is 0 Å². The maximum absolute atomic E-state index is 13.9. The highest BCUT2D eigenvalue weighted by molar-refractivity contribution is 5.96. The SMILES string of the molecule is O=C(CCCN1CCC(Cc2ccc(F)cc2F)CC1)c1ccc2c(c1)CCNCC2. The number of nitrogens with zero attached hydrogens (tertiary/aromatic N) is 1. The molecule has 0 bridgehead atoms. The van der Waals surface area contributed by atoms with Crippen molar-refractivity contribution in [2.24, 2.45) is 5.92 Å². The van der Waals surface area contributed by atoms with Crippen molar-refractivity contribution in [1.29, 1.82) is 0 Å². The fourth-order valence-electron chi connectivity index (χ4n) is 4.87. The van der Waals surface area contributed by atoms with Crippen molar-refractivity contribution in [1.82, 2.24) is 10.2 Å². The number of carbonyl (C=O) groups is 1. The van der Waals surface area contributed by atoms with Crippen molar-refractivity contribution >= 4 is 5.78 Å². The Morgan fingerprint density at radius 2 is 1.77 bits per heavy atom. The van der Waals surface area contributed by atoms with Crippen LogP contribution < -0.4 is 5.32 Å². The fourth-order valence-corrected chi connectivity index (χ4v) is 4.87. The number of hydrogen-bond donors (Lipinski definition) is 1. The van der Waals surface area contributed by atoms with Gasteiger partial charge in [0.25, 0.3) is 0 Å². The average molecular weight is 427 g/mol. The summed E-state index contributed by atoms with van der Waals surface area (Å²) in [7, 11) is 0. The van der Waals surface area contributed by atoms with E-state index < -0.39 is 11.6 Å². The zero-order valence-electron chi connectivity index (χ0n) is 18.1. The molecule has 0 radical (unpaired) electrons. The van der Waals surface area contributed by atoms with E-state index in [4.69, 9.17) is 0 Å². The molecule has 5 heteroatoms. The maximum Gasteiger partial charge on any atom is 0.162 e. The van der Waals surface area contributed by atoms with Gasteiger partial charge in [0, 0.05) is 18.1 Å². The Hall–Kier alpha value is -2.11. The van der Waals surface area contributed by atoms with Gasteiger partial charge in [-0.15, -0.1) is 0 Å². The third kappa shape index (κ3) is 5.98. The van der Waals surface area contributed by atoms with Gasteiger partial charge < -0.3 is 10.2 Å². The monoisotopic (exact) mass is 426 g/mol. The summed E-state index contributed by atoms with van der Waals surface area (Å²) >= 11 is 0. The van der Waals surface area contributed by atoms with Crippen molar-refractivity contribution in [3.8, 4) is 0 Å². The van der Waals surface area contributed by atoms with Crippen molar-refractivity contribution in [3.63, 3.8) is 0 Å². The molecule has 2 aromatic rings. The summed E-state index contributed by atoms with van der Waals surface area (Å²) in [5.41, 5.74) is 4.14. The van der Waals surface area contributed by atoms with Crippen LogP contribution in [0.15, 0.2) is 36.4 Å². The van der Waals surface area contributed by atoms with Crippen LogP contribution in [0.1, 0.15) is 52.7 Å². The number of hydrogen-bond acceptors (Lipinski definition) is 3. The normalized spacial score (nSPS) is 17.9. The van der Waals surface area contributed by atoms with E-state index in [0.717, 1.165) is 76.5 Å². The number of ketones is 1. The smallest absolute Gasteiger partial charge is 0.162 e. The first-order valence-electron chi connectivity index (χ1n) is 11.6. The Labute approximate surface area is 183 Å². The van der Waals surface area contributed by atoms with Gasteiger partial charge in [-0.25, -0.2) is 8.78 Å². The number of carbonyl (C=O) groups excluding carboxylic acids is 1. The number of rotatable bonds is 7. The lowest BCUT2D eigenvalue weighted by atomic mass is 9.90. The Balaban J connectivity index is 1.19. The highest BCUT2D eigenvalue weighted by Gasteiger charge is 2.21. The number of fused-ring (bicyclic) bond motifs is 1. The molecular formula is C26H32F2N2O. The van der Waals surface area contributed by atoms with Gasteiger partial charge in [-0.2, -0.15) is 0 Å². The third-order valence-corrected chi connectivity index (χ3v) is 6.78. The molecule has 2 aromatic carbocycles. The average Bonchev–Trinajstić information content (AvgIpc) is 3.01. The van der Waals surface area contributed by atoms with Gasteiger partial charge in [-0.1, -0.05) is 18.2 Å². The van der Waals surface area contributed by atoms with E-state index in [2.05, 4.69) is 22.3 Å². The van der Waals surface area contributed by atoms with Gasteiger partial charge in [0.15, 0.2) is 5.78 Å². The highest BCUT2D eigenvalue weighted by Crippen LogP contribution is 2.24. The Bertz CT molecular complexity index is 906. The van der Waals surface area contributed by atoms with E-state index in [1.807, 2.05) is 6.07 Å². The minimum absolute atomic E-state index is 0.238. The number of halogens is 2. The maximum atomic E-state index is 13.9. The van der Waals surface area contributed by atoms with Gasteiger partial charge in [-0.3, -0.25) is 4.79 Å². The lowest BCUT2D eigenvalue weighted by Gasteiger charge is -2.32. The highest BCUT2D eigenvalue weighted by atomic mass is 19.1. The summed E-state index contributed by atoms with van der Waals surface area (Å²) in [5, 5.41) is 3.41. The second-order valence-electron chi connectivity index (χ2n) is 8.99. The first-order chi connectivity index (χ1) is 15.1. The van der Waals surface area contributed by atoms with E-state index >= 15 is 0 Å². The van der Waals surface area contributed by atoms with E-state index in [9.17, 15) is 13.6 Å². The van der Waals surface area contributed by atoms with E-state index in [0.29, 0.717) is 24.3 Å². The van der Waals surface area contributed by atoms with Crippen LogP contribution in [0.5, 0.6) is 0 Å². The number of piperidine rings is 1. The van der Waals surface area contributed by atoms with E-state index in [1.165, 1.54) is 17.2 Å². The van der Waals surface area contributed by atoms with Crippen molar-refractivity contribution in [2.75, 3.05) is 32.7 Å². The van der Waals surface area contributed by atoms with Crippen molar-refractivity contribution in [2.45, 2.75) is 44.9 Å². The minimum Gasteiger partial charge on any atom is -0.316 e.